The van der Waals surface area contributed by atoms with Crippen LogP contribution in [0.25, 0.3) is 27.3 Å². The van der Waals surface area contributed by atoms with Crippen LogP contribution in [0.3, 0.4) is 0 Å². The van der Waals surface area contributed by atoms with Gasteiger partial charge in [-0.2, -0.15) is 13.2 Å². The predicted octanol–water partition coefficient (Wildman–Crippen LogP) is 8.76. The maximum Gasteiger partial charge on any atom is 0.409 e. The number of unbranched alkanes of at least 4 members (excludes halogenated alkanes) is 1. The van der Waals surface area contributed by atoms with Crippen LogP contribution in [0, 0.1) is 12.0 Å². The number of aliphatic hydroxyl groups excluding tert-OH is 1. The third-order valence-electron chi connectivity index (χ3n) is 12.4. The molecule has 15 nitrogen and oxygen atoms in total. The van der Waals surface area contributed by atoms with Crippen LogP contribution in [0.4, 0.5) is 30.4 Å². The zero-order chi connectivity index (χ0) is 51.3. The molecular formula is C52H54F3N7O8S. The Morgan fingerprint density at radius 3 is 2.23 bits per heavy atom. The second-order valence-electron chi connectivity index (χ2n) is 19.0. The molecule has 372 valence electrons. The van der Waals surface area contributed by atoms with E-state index in [1.54, 1.807) is 37.1 Å². The number of carbonyl (C=O) groups excluding carboxylic acids is 4. The summed E-state index contributed by atoms with van der Waals surface area (Å²) >= 11 is 5.65. The Labute approximate surface area is 414 Å². The van der Waals surface area contributed by atoms with Gasteiger partial charge in [0.25, 0.3) is 11.7 Å². The number of hydrogen-bond acceptors (Lipinski definition) is 11. The first-order chi connectivity index (χ1) is 33.7. The molecule has 3 aromatic carbocycles. The highest BCUT2D eigenvalue weighted by Gasteiger charge is 2.51. The van der Waals surface area contributed by atoms with Crippen molar-refractivity contribution in [3.05, 3.63) is 120 Å². The molecular weight excluding hydrogens is 940 g/mol. The summed E-state index contributed by atoms with van der Waals surface area (Å²) in [5, 5.41) is 13.4. The monoisotopic (exact) mass is 993 g/mol. The van der Waals surface area contributed by atoms with E-state index in [4.69, 9.17) is 32.7 Å². The van der Waals surface area contributed by atoms with E-state index in [1.807, 2.05) is 81.4 Å². The number of aliphatic hydroxyl groups is 1. The van der Waals surface area contributed by atoms with Crippen LogP contribution in [0.1, 0.15) is 71.4 Å². The number of alkyl halides is 3. The van der Waals surface area contributed by atoms with Gasteiger partial charge in [-0.05, 0) is 97.8 Å². The van der Waals surface area contributed by atoms with Crippen molar-refractivity contribution in [1.29, 1.82) is 0 Å². The van der Waals surface area contributed by atoms with E-state index in [9.17, 15) is 37.5 Å². The van der Waals surface area contributed by atoms with Gasteiger partial charge < -0.3 is 39.0 Å². The van der Waals surface area contributed by atoms with Gasteiger partial charge in [-0.3, -0.25) is 24.1 Å². The number of nitrogens with one attached hydrogen (secondary N) is 1. The Hall–Kier alpha value is -7.01. The number of thiocarbonyl (C=S) groups is 1. The van der Waals surface area contributed by atoms with Gasteiger partial charge in [-0.15, -0.1) is 4.98 Å². The minimum Gasteiger partial charge on any atom is -0.494 e. The summed E-state index contributed by atoms with van der Waals surface area (Å²) in [5.74, 6) is -1.16. The van der Waals surface area contributed by atoms with Crippen molar-refractivity contribution >= 4 is 58.0 Å². The number of benzene rings is 3. The quantitative estimate of drug-likeness (QED) is 0.0487. The van der Waals surface area contributed by atoms with Crippen LogP contribution < -0.4 is 19.9 Å². The first-order valence-corrected chi connectivity index (χ1v) is 23.4. The van der Waals surface area contributed by atoms with E-state index in [0.29, 0.717) is 49.1 Å². The zero-order valence-corrected chi connectivity index (χ0v) is 40.7. The molecule has 2 aromatic heterocycles. The number of oxazole rings is 1. The minimum atomic E-state index is -4.86. The van der Waals surface area contributed by atoms with Crippen LogP contribution in [-0.4, -0.2) is 98.7 Å². The second-order valence-corrected chi connectivity index (χ2v) is 19.3. The number of carbonyl (C=O) groups is 4. The number of likely N-dealkylation sites (tertiary alicyclic amines) is 1. The molecule has 2 aliphatic heterocycles. The summed E-state index contributed by atoms with van der Waals surface area (Å²) in [7, 11) is 0. The number of halogens is 3. The maximum absolute atomic E-state index is 14.0. The van der Waals surface area contributed by atoms with Crippen molar-refractivity contribution in [3.8, 4) is 28.2 Å². The number of Topliss-reactive ketones (excluding diaryl/α,β-unsaturated/α-hetero) is 1. The van der Waals surface area contributed by atoms with E-state index in [2.05, 4.69) is 20.1 Å². The molecule has 2 N–H and O–H groups in total. The van der Waals surface area contributed by atoms with E-state index < -0.39 is 64.4 Å². The summed E-state index contributed by atoms with van der Waals surface area (Å²) in [6.07, 6.45) is 0.286. The van der Waals surface area contributed by atoms with Crippen molar-refractivity contribution in [2.24, 2.45) is 5.41 Å². The Morgan fingerprint density at radius 2 is 1.61 bits per heavy atom. The third kappa shape index (κ3) is 12.0. The van der Waals surface area contributed by atoms with Crippen molar-refractivity contribution in [1.82, 2.24) is 20.2 Å². The maximum atomic E-state index is 14.0. The lowest BCUT2D eigenvalue weighted by molar-refractivity contribution is -0.144. The van der Waals surface area contributed by atoms with Gasteiger partial charge >= 0.3 is 6.18 Å². The number of rotatable bonds is 18. The second kappa shape index (κ2) is 21.5. The molecule has 0 bridgehead atoms. The van der Waals surface area contributed by atoms with Crippen LogP contribution in [-0.2, 0) is 36.5 Å². The van der Waals surface area contributed by atoms with Crippen LogP contribution >= 0.6 is 12.2 Å². The predicted molar refractivity (Wildman–Crippen MR) is 262 cm³/mol. The van der Waals surface area contributed by atoms with Crippen LogP contribution in [0.5, 0.6) is 5.75 Å². The Balaban J connectivity index is 0.841. The number of ether oxygens (including phenoxy) is 2. The van der Waals surface area contributed by atoms with Gasteiger partial charge in [0.05, 0.1) is 36.2 Å². The fourth-order valence-corrected chi connectivity index (χ4v) is 9.06. The molecule has 2 aliphatic rings. The van der Waals surface area contributed by atoms with Gasteiger partial charge in [0.1, 0.15) is 30.1 Å². The topological polar surface area (TPSA) is 172 Å². The highest BCUT2D eigenvalue weighted by atomic mass is 32.1. The Morgan fingerprint density at radius 1 is 0.958 bits per heavy atom. The average Bonchev–Trinajstić information content (AvgIpc) is 4.06. The van der Waals surface area contributed by atoms with Gasteiger partial charge in [0.2, 0.25) is 11.8 Å². The van der Waals surface area contributed by atoms with E-state index >= 15 is 0 Å². The molecule has 71 heavy (non-hydrogen) atoms. The smallest absolute Gasteiger partial charge is 0.409 e. The van der Waals surface area contributed by atoms with Crippen molar-refractivity contribution in [2.75, 3.05) is 36.2 Å². The Bertz CT molecular complexity index is 2770. The summed E-state index contributed by atoms with van der Waals surface area (Å²) in [6.45, 7) is 16.2. The first kappa shape index (κ1) is 51.8. The molecule has 19 heteroatoms. The lowest BCUT2D eigenvalue weighted by Crippen LogP contribution is -2.57. The number of β-amino-alcohol motifs (C(OH)–C–C–N with tert-alkyl or cyclic N) is 1. The lowest BCUT2D eigenvalue weighted by atomic mass is 9.85. The molecule has 0 unspecified atom stereocenters. The summed E-state index contributed by atoms with van der Waals surface area (Å²) in [4.78, 5) is 68.6. The lowest BCUT2D eigenvalue weighted by Gasteiger charge is -2.35. The third-order valence-corrected chi connectivity index (χ3v) is 12.7. The number of pyridine rings is 1. The highest BCUT2D eigenvalue weighted by molar-refractivity contribution is 7.81. The molecule has 2 saturated heterocycles. The van der Waals surface area contributed by atoms with Crippen LogP contribution in [0.15, 0.2) is 102 Å². The molecule has 0 saturated carbocycles. The summed E-state index contributed by atoms with van der Waals surface area (Å²) in [6, 6.07) is 21.2. The van der Waals surface area contributed by atoms with Gasteiger partial charge in [-0.1, -0.05) is 75.9 Å². The number of aryl methyl sites for hydroxylation is 1. The number of hydrogen-bond donors (Lipinski definition) is 2. The molecule has 0 radical (unpaired) electrons. The normalized spacial score (nSPS) is 17.3. The molecule has 2 fully saturated rings. The number of amides is 3. The molecule has 5 aromatic rings. The molecule has 0 spiro atoms. The number of aromatic nitrogens is 2. The highest BCUT2D eigenvalue weighted by Crippen LogP contribution is 2.41. The SMILES string of the molecule is [C-]#[N+]c1ncc(N2C(=O)C(C)(C)N(c3ccc(-c4ccc(OCCCCOCC(=O)N[C@H](C(=O)N5C[C@H](O)C[C@H]5C(=O)CCc5ccc(-c6cnco6)cc5)C(C)(C)C)cc4)cc3)C2=S)cc1C(F)(F)F. The molecule has 3 atom stereocenters. The fraction of sp³-hybridized carbons (Fsp3) is 0.385. The van der Waals surface area contributed by atoms with Crippen molar-refractivity contribution < 1.29 is 51.3 Å². The summed E-state index contributed by atoms with van der Waals surface area (Å²) < 4.78 is 58.1. The number of nitrogens with zero attached hydrogens (tertiary/aromatic N) is 6. The van der Waals surface area contributed by atoms with E-state index in [0.717, 1.165) is 33.4 Å². The minimum absolute atomic E-state index is 0.00738. The largest absolute Gasteiger partial charge is 0.494 e. The van der Waals surface area contributed by atoms with Gasteiger partial charge in [0.15, 0.2) is 23.0 Å². The van der Waals surface area contributed by atoms with Crippen molar-refractivity contribution in [2.45, 2.75) is 96.6 Å². The van der Waals surface area contributed by atoms with Gasteiger partial charge in [0, 0.05) is 37.2 Å². The van der Waals surface area contributed by atoms with Gasteiger partial charge in [-0.25, -0.2) is 4.98 Å². The standard InChI is InChI=1S/C52H54F3N7O8S/c1-50(2,3)45(47(66)60-29-38(63)26-41(60)42(64)22-11-32-9-12-35(13-10-32)43-28-57-31-70-43)59-44(65)30-68-23-7-8-24-69-39-20-16-34(17-21-39)33-14-18-36(19-15-33)62-49(71)61(48(67)51(62,4)5)37-25-40(52(53,54)55)46(56-6)58-27-37/h9-10,12-21,25,27-28,31,38,41,45,63H,7-8,11,22-24,26,29-30H2,1-5H3,(H,59,65)/t38-,41+,45-/m1/s1. The average molecular weight is 994 g/mol. The zero-order valence-electron chi connectivity index (χ0n) is 39.9. The first-order valence-electron chi connectivity index (χ1n) is 23.0. The molecule has 7 rings (SSSR count). The summed E-state index contributed by atoms with van der Waals surface area (Å²) in [5.41, 5.74) is 0.672. The molecule has 3 amide bonds. The molecule has 4 heterocycles. The van der Waals surface area contributed by atoms with Crippen molar-refractivity contribution in [3.63, 3.8) is 0 Å². The molecule has 0 aliphatic carbocycles. The van der Waals surface area contributed by atoms with Crippen LogP contribution in [0.2, 0.25) is 0 Å². The number of anilines is 2. The number of ketones is 1. The van der Waals surface area contributed by atoms with E-state index in [1.165, 1.54) is 11.3 Å². The fourth-order valence-electron chi connectivity index (χ4n) is 8.54. The van der Waals surface area contributed by atoms with E-state index in [-0.39, 0.29) is 49.2 Å². The Kier molecular flexibility index (Phi) is 15.7.